The summed E-state index contributed by atoms with van der Waals surface area (Å²) in [4.78, 5) is 24.6. The van der Waals surface area contributed by atoms with E-state index in [1.165, 1.54) is 0 Å². The molecule has 1 aliphatic rings. The molecule has 1 aliphatic heterocycles. The number of methoxy groups -OCH3 is 1. The van der Waals surface area contributed by atoms with Gasteiger partial charge in [-0.15, -0.1) is 0 Å². The van der Waals surface area contributed by atoms with Crippen LogP contribution in [0.5, 0.6) is 5.75 Å². The number of ether oxygens (including phenoxy) is 2. The summed E-state index contributed by atoms with van der Waals surface area (Å²) in [5.74, 6) is -10.2. The quantitative estimate of drug-likeness (QED) is 0.378. The first-order chi connectivity index (χ1) is 16.9. The van der Waals surface area contributed by atoms with Crippen molar-refractivity contribution in [1.29, 1.82) is 0 Å². The highest BCUT2D eigenvalue weighted by molar-refractivity contribution is 5.97. The van der Waals surface area contributed by atoms with Crippen LogP contribution < -0.4 is 20.5 Å². The second-order valence-corrected chi connectivity index (χ2v) is 7.82. The predicted octanol–water partition coefficient (Wildman–Crippen LogP) is 2.78. The number of primary amides is 1. The number of nitrogens with two attached hydrogens (primary N) is 1. The molecule has 1 saturated heterocycles. The first kappa shape index (κ1) is 21.1. The van der Waals surface area contributed by atoms with E-state index in [1.807, 2.05) is 0 Å². The van der Waals surface area contributed by atoms with E-state index in [-0.39, 0.29) is 10.4 Å². The lowest BCUT2D eigenvalue weighted by molar-refractivity contribution is -0.607. The van der Waals surface area contributed by atoms with Crippen molar-refractivity contribution in [2.24, 2.45) is 11.7 Å². The third kappa shape index (κ3) is 4.11. The molecular weight excluding hydrogens is 469 g/mol. The molecular formula is C21H20F5N3O5. The summed E-state index contributed by atoms with van der Waals surface area (Å²) in [7, 11) is -3.32. The fourth-order valence-electron chi connectivity index (χ4n) is 3.89. The first-order valence-corrected chi connectivity index (χ1v) is 9.62. The molecule has 2 heterocycles. The maximum absolute atomic E-state index is 14.6. The molecule has 0 spiro atoms. The number of carbonyl (C=O) groups is 2. The number of halogens is 5. The van der Waals surface area contributed by atoms with E-state index in [9.17, 15) is 36.7 Å². The number of hydrogen-bond acceptors (Lipinski definition) is 5. The Morgan fingerprint density at radius 1 is 1.32 bits per heavy atom. The van der Waals surface area contributed by atoms with Crippen LogP contribution in [0.1, 0.15) is 39.9 Å². The van der Waals surface area contributed by atoms with Gasteiger partial charge in [0.1, 0.15) is 6.10 Å². The number of aromatic nitrogens is 1. The Morgan fingerprint density at radius 2 is 2.00 bits per heavy atom. The van der Waals surface area contributed by atoms with Gasteiger partial charge in [-0.3, -0.25) is 9.59 Å². The van der Waals surface area contributed by atoms with Gasteiger partial charge in [-0.1, -0.05) is 13.0 Å². The van der Waals surface area contributed by atoms with E-state index < -0.39 is 77.2 Å². The molecule has 13 heteroatoms. The van der Waals surface area contributed by atoms with Crippen LogP contribution >= 0.6 is 0 Å². The number of rotatable bonds is 5. The Balaban J connectivity index is 2.13. The topological polar surface area (TPSA) is 118 Å². The molecule has 2 amide bonds. The molecule has 34 heavy (non-hydrogen) atoms. The summed E-state index contributed by atoms with van der Waals surface area (Å²) in [6.07, 6.45) is -6.28. The fraction of sp³-hybridized carbons (Fsp3) is 0.381. The van der Waals surface area contributed by atoms with Crippen LogP contribution in [0.15, 0.2) is 30.5 Å². The Hall–Kier alpha value is -3.48. The van der Waals surface area contributed by atoms with Gasteiger partial charge in [-0.25, -0.2) is 4.39 Å². The van der Waals surface area contributed by atoms with Gasteiger partial charge in [-0.2, -0.15) is 22.3 Å². The average Bonchev–Trinajstić information content (AvgIpc) is 3.04. The van der Waals surface area contributed by atoms with Gasteiger partial charge in [-0.05, 0) is 13.0 Å². The molecule has 0 saturated carbocycles. The minimum Gasteiger partial charge on any atom is -0.618 e. The molecule has 1 fully saturated rings. The van der Waals surface area contributed by atoms with E-state index >= 15 is 0 Å². The Kier molecular flexibility index (Phi) is 5.40. The number of alkyl halides is 3. The van der Waals surface area contributed by atoms with Crippen LogP contribution in [-0.4, -0.2) is 36.7 Å². The van der Waals surface area contributed by atoms with Crippen molar-refractivity contribution in [3.05, 3.63) is 58.6 Å². The lowest BCUT2D eigenvalue weighted by Gasteiger charge is -2.32. The van der Waals surface area contributed by atoms with Crippen molar-refractivity contribution in [1.82, 2.24) is 0 Å². The molecule has 2 aromatic rings. The number of hydrogen-bond donors (Lipinski definition) is 2. The fourth-order valence-corrected chi connectivity index (χ4v) is 3.89. The Labute approximate surface area is 194 Å². The maximum Gasteiger partial charge on any atom is 0.417 e. The van der Waals surface area contributed by atoms with Gasteiger partial charge in [0, 0.05) is 29.5 Å². The van der Waals surface area contributed by atoms with Gasteiger partial charge in [0.05, 0.1) is 16.8 Å². The van der Waals surface area contributed by atoms with Gasteiger partial charge in [0.25, 0.3) is 11.6 Å². The molecule has 0 bridgehead atoms. The van der Waals surface area contributed by atoms with E-state index in [1.54, 1.807) is 0 Å². The van der Waals surface area contributed by atoms with Gasteiger partial charge >= 0.3 is 12.1 Å². The van der Waals surface area contributed by atoms with Crippen molar-refractivity contribution in [3.63, 3.8) is 0 Å². The first-order valence-electron chi connectivity index (χ1n) is 11.1. The Morgan fingerprint density at radius 3 is 2.59 bits per heavy atom. The summed E-state index contributed by atoms with van der Waals surface area (Å²) in [5.41, 5.74) is 0.723. The monoisotopic (exact) mass is 492 g/mol. The molecule has 1 aromatic heterocycles. The summed E-state index contributed by atoms with van der Waals surface area (Å²) in [6.45, 7) is 1.69. The molecule has 8 nitrogen and oxygen atoms in total. The largest absolute Gasteiger partial charge is 0.618 e. The number of amides is 2. The highest BCUT2D eigenvalue weighted by Crippen LogP contribution is 2.55. The lowest BCUT2D eigenvalue weighted by atomic mass is 9.77. The summed E-state index contributed by atoms with van der Waals surface area (Å²) in [5, 5.41) is 13.9. The predicted molar refractivity (Wildman–Crippen MR) is 107 cm³/mol. The van der Waals surface area contributed by atoms with Crippen LogP contribution in [0.2, 0.25) is 0 Å². The third-order valence-corrected chi connectivity index (χ3v) is 5.91. The number of benzene rings is 1. The zero-order valence-corrected chi connectivity index (χ0v) is 17.6. The number of anilines is 1. The van der Waals surface area contributed by atoms with Crippen molar-refractivity contribution in [2.75, 3.05) is 12.4 Å². The molecule has 3 N–H and O–H groups in total. The van der Waals surface area contributed by atoms with Crippen molar-refractivity contribution < 1.29 is 49.9 Å². The van der Waals surface area contributed by atoms with E-state index in [4.69, 9.17) is 14.6 Å². The molecule has 3 rings (SSSR count). The second-order valence-electron chi connectivity index (χ2n) is 7.82. The van der Waals surface area contributed by atoms with Crippen LogP contribution in [0.25, 0.3) is 0 Å². The highest BCUT2D eigenvalue weighted by atomic mass is 19.4. The minimum atomic E-state index is -5.05. The lowest BCUT2D eigenvalue weighted by Crippen LogP contribution is -2.47. The summed E-state index contributed by atoms with van der Waals surface area (Å²) >= 11 is 0. The third-order valence-electron chi connectivity index (χ3n) is 5.91. The van der Waals surface area contributed by atoms with Crippen LogP contribution in [0.4, 0.5) is 27.6 Å². The van der Waals surface area contributed by atoms with Crippen LogP contribution in [0.3, 0.4) is 0 Å². The van der Waals surface area contributed by atoms with Crippen molar-refractivity contribution in [2.45, 2.75) is 37.6 Å². The van der Waals surface area contributed by atoms with Gasteiger partial charge < -0.3 is 25.7 Å². The van der Waals surface area contributed by atoms with E-state index in [0.717, 1.165) is 31.3 Å². The molecule has 0 aliphatic carbocycles. The number of nitrogens with zero attached hydrogens (tertiary/aromatic N) is 1. The molecule has 0 radical (unpaired) electrons. The zero-order chi connectivity index (χ0) is 28.1. The van der Waals surface area contributed by atoms with Crippen LogP contribution in [0, 0.1) is 22.8 Å². The van der Waals surface area contributed by atoms with Gasteiger partial charge in [0.2, 0.25) is 5.82 Å². The normalized spacial score (nSPS) is 26.3. The standard InChI is InChI=1S/C21H20F5N3O5/c1-9-14(11-4-5-12(22)15(23)16(11)33-3)17(34-20(9,2)21(24,25)26)19(31)28-10-6-7-29(32)13(8-10)18(27)30/h4-9,14,17H,1-3H3,(H2,27,30)(H,28,31)/t9-,14+,17+,20+/m1/s1/i3D3. The average molecular weight is 492 g/mol. The number of pyridine rings is 1. The molecule has 4 atom stereocenters. The number of carbonyl (C=O) groups excluding carboxylic acids is 2. The Bertz CT molecular complexity index is 1240. The number of nitrogens with one attached hydrogen (secondary N) is 1. The van der Waals surface area contributed by atoms with Crippen LogP contribution in [-0.2, 0) is 9.53 Å². The molecule has 184 valence electrons. The van der Waals surface area contributed by atoms with E-state index in [2.05, 4.69) is 10.1 Å². The second kappa shape index (κ2) is 8.70. The SMILES string of the molecule is [2H]C([2H])([2H])Oc1c([C@H]2[C@@H](C(=O)Nc3cc[n+]([O-])c(C(N)=O)c3)O[C@](C)(C(F)(F)F)[C@@H]2C)ccc(F)c1F. The molecule has 0 unspecified atom stereocenters. The van der Waals surface area contributed by atoms with Gasteiger partial charge in [0.15, 0.2) is 23.4 Å². The highest BCUT2D eigenvalue weighted by Gasteiger charge is 2.65. The smallest absolute Gasteiger partial charge is 0.417 e. The zero-order valence-electron chi connectivity index (χ0n) is 20.6. The minimum absolute atomic E-state index is 0.0926. The van der Waals surface area contributed by atoms with Crippen molar-refractivity contribution >= 4 is 17.5 Å². The van der Waals surface area contributed by atoms with E-state index in [0.29, 0.717) is 13.0 Å². The summed E-state index contributed by atoms with van der Waals surface area (Å²) in [6, 6.07) is 3.24. The van der Waals surface area contributed by atoms with Crippen molar-refractivity contribution in [3.8, 4) is 5.75 Å². The maximum atomic E-state index is 14.6. The summed E-state index contributed by atoms with van der Waals surface area (Å²) < 4.78 is 102. The molecule has 1 aromatic carbocycles.